The highest BCUT2D eigenvalue weighted by atomic mass is 19.4. The van der Waals surface area contributed by atoms with E-state index in [-0.39, 0.29) is 17.2 Å². The van der Waals surface area contributed by atoms with Gasteiger partial charge in [-0.25, -0.2) is 4.79 Å². The van der Waals surface area contributed by atoms with Crippen molar-refractivity contribution in [1.29, 1.82) is 0 Å². The normalized spacial score (nSPS) is 19.4. The van der Waals surface area contributed by atoms with E-state index in [2.05, 4.69) is 16.0 Å². The third-order valence-electron chi connectivity index (χ3n) is 5.37. The van der Waals surface area contributed by atoms with Crippen LogP contribution in [0.25, 0.3) is 0 Å². The third kappa shape index (κ3) is 4.45. The van der Waals surface area contributed by atoms with Crippen LogP contribution in [0, 0.1) is 0 Å². The van der Waals surface area contributed by atoms with E-state index >= 15 is 0 Å². The Balaban J connectivity index is 1.55. The van der Waals surface area contributed by atoms with E-state index in [1.807, 2.05) is 6.07 Å². The van der Waals surface area contributed by atoms with Crippen LogP contribution >= 0.6 is 0 Å². The first kappa shape index (κ1) is 21.0. The molecule has 164 valence electrons. The van der Waals surface area contributed by atoms with Crippen LogP contribution in [-0.4, -0.2) is 17.5 Å². The standard InChI is InChI=1S/C22H22F3N3O3/c1-21(2)11-17(14-4-3-5-15(19(14)31-21)22(23,24)25)28-20(30)26-13-8-6-12-7-9-18(29)27-16(12)10-13/h3-6,8,10,17H,7,9,11H2,1-2H3,(H,27,29)(H2,26,28,30)/t17-/m1/s1. The zero-order valence-electron chi connectivity index (χ0n) is 17.0. The van der Waals surface area contributed by atoms with Crippen molar-refractivity contribution < 1.29 is 27.5 Å². The van der Waals surface area contributed by atoms with Crippen molar-refractivity contribution in [3.63, 3.8) is 0 Å². The molecule has 0 spiro atoms. The number of benzene rings is 2. The van der Waals surface area contributed by atoms with Gasteiger partial charge < -0.3 is 20.7 Å². The summed E-state index contributed by atoms with van der Waals surface area (Å²) in [7, 11) is 0. The van der Waals surface area contributed by atoms with Gasteiger partial charge in [-0.15, -0.1) is 0 Å². The Bertz CT molecular complexity index is 1050. The zero-order valence-corrected chi connectivity index (χ0v) is 17.0. The Morgan fingerprint density at radius 3 is 2.71 bits per heavy atom. The minimum atomic E-state index is -4.57. The second-order valence-corrected chi connectivity index (χ2v) is 8.36. The Morgan fingerprint density at radius 2 is 1.97 bits per heavy atom. The van der Waals surface area contributed by atoms with E-state index in [0.29, 0.717) is 30.6 Å². The zero-order chi connectivity index (χ0) is 22.4. The molecule has 1 atom stereocenters. The number of nitrogens with one attached hydrogen (secondary N) is 3. The maximum atomic E-state index is 13.5. The van der Waals surface area contributed by atoms with Crippen LogP contribution in [-0.2, 0) is 17.4 Å². The number of amides is 3. The van der Waals surface area contributed by atoms with Crippen molar-refractivity contribution in [2.75, 3.05) is 10.6 Å². The van der Waals surface area contributed by atoms with Gasteiger partial charge in [0.2, 0.25) is 5.91 Å². The summed E-state index contributed by atoms with van der Waals surface area (Å²) in [6, 6.07) is 7.79. The fourth-order valence-corrected chi connectivity index (χ4v) is 3.99. The number of hydrogen-bond acceptors (Lipinski definition) is 3. The molecule has 4 rings (SSSR count). The molecule has 3 N–H and O–H groups in total. The SMILES string of the molecule is CC1(C)C[C@@H](NC(=O)Nc2ccc3c(c2)NC(=O)CC3)c2cccc(C(F)(F)F)c2O1. The van der Waals surface area contributed by atoms with Crippen LogP contribution < -0.4 is 20.7 Å². The first-order valence-electron chi connectivity index (χ1n) is 9.91. The summed E-state index contributed by atoms with van der Waals surface area (Å²) in [5.41, 5.74) is 0.598. The molecule has 0 radical (unpaired) electrons. The average molecular weight is 433 g/mol. The maximum absolute atomic E-state index is 13.5. The summed E-state index contributed by atoms with van der Waals surface area (Å²) in [5, 5.41) is 8.22. The maximum Gasteiger partial charge on any atom is 0.419 e. The number of hydrogen-bond donors (Lipinski definition) is 3. The Kier molecular flexibility index (Phi) is 5.07. The highest BCUT2D eigenvalue weighted by Gasteiger charge is 2.42. The largest absolute Gasteiger partial charge is 0.487 e. The molecule has 2 aromatic carbocycles. The van der Waals surface area contributed by atoms with Crippen LogP contribution in [0.2, 0.25) is 0 Å². The number of rotatable bonds is 2. The lowest BCUT2D eigenvalue weighted by molar-refractivity contribution is -0.140. The summed E-state index contributed by atoms with van der Waals surface area (Å²) in [4.78, 5) is 24.2. The summed E-state index contributed by atoms with van der Waals surface area (Å²) < 4.78 is 46.0. The van der Waals surface area contributed by atoms with Gasteiger partial charge in [0.25, 0.3) is 0 Å². The highest BCUT2D eigenvalue weighted by Crippen LogP contribution is 2.46. The molecule has 3 amide bonds. The number of para-hydroxylation sites is 1. The molecule has 2 aliphatic rings. The molecule has 0 saturated carbocycles. The summed E-state index contributed by atoms with van der Waals surface area (Å²) in [5.74, 6) is -0.344. The summed E-state index contributed by atoms with van der Waals surface area (Å²) in [6.07, 6.45) is -3.23. The fourth-order valence-electron chi connectivity index (χ4n) is 3.99. The average Bonchev–Trinajstić information content (AvgIpc) is 2.65. The van der Waals surface area contributed by atoms with E-state index in [9.17, 15) is 22.8 Å². The van der Waals surface area contributed by atoms with Crippen molar-refractivity contribution >= 4 is 23.3 Å². The first-order valence-corrected chi connectivity index (χ1v) is 9.91. The molecule has 0 bridgehead atoms. The minimum absolute atomic E-state index is 0.0874. The predicted molar refractivity (Wildman–Crippen MR) is 109 cm³/mol. The van der Waals surface area contributed by atoms with E-state index in [1.54, 1.807) is 26.0 Å². The van der Waals surface area contributed by atoms with Crippen LogP contribution in [0.4, 0.5) is 29.3 Å². The lowest BCUT2D eigenvalue weighted by Gasteiger charge is -2.39. The fraction of sp³-hybridized carbons (Fsp3) is 0.364. The molecule has 6 nitrogen and oxygen atoms in total. The van der Waals surface area contributed by atoms with Crippen LogP contribution in [0.5, 0.6) is 5.75 Å². The van der Waals surface area contributed by atoms with Crippen LogP contribution in [0.3, 0.4) is 0 Å². The summed E-state index contributed by atoms with van der Waals surface area (Å²) in [6.45, 7) is 3.36. The number of aryl methyl sites for hydroxylation is 1. The first-order chi connectivity index (χ1) is 14.5. The Morgan fingerprint density at radius 1 is 1.19 bits per heavy atom. The molecule has 0 unspecified atom stereocenters. The molecule has 9 heteroatoms. The van der Waals surface area contributed by atoms with Gasteiger partial charge in [-0.05, 0) is 44.0 Å². The Hall–Kier alpha value is -3.23. The monoisotopic (exact) mass is 433 g/mol. The van der Waals surface area contributed by atoms with Crippen molar-refractivity contribution in [2.24, 2.45) is 0 Å². The van der Waals surface area contributed by atoms with E-state index in [4.69, 9.17) is 4.74 Å². The molecule has 2 aliphatic heterocycles. The van der Waals surface area contributed by atoms with E-state index in [0.717, 1.165) is 11.6 Å². The smallest absolute Gasteiger partial charge is 0.419 e. The van der Waals surface area contributed by atoms with Crippen molar-refractivity contribution in [1.82, 2.24) is 5.32 Å². The molecule has 0 aromatic heterocycles. The van der Waals surface area contributed by atoms with Gasteiger partial charge >= 0.3 is 12.2 Å². The van der Waals surface area contributed by atoms with E-state index in [1.165, 1.54) is 12.1 Å². The second-order valence-electron chi connectivity index (χ2n) is 8.36. The van der Waals surface area contributed by atoms with Crippen LogP contribution in [0.1, 0.15) is 49.4 Å². The van der Waals surface area contributed by atoms with Crippen molar-refractivity contribution in [2.45, 2.75) is 50.9 Å². The number of ether oxygens (including phenoxy) is 1. The lowest BCUT2D eigenvalue weighted by atomic mass is 9.88. The van der Waals surface area contributed by atoms with Crippen LogP contribution in [0.15, 0.2) is 36.4 Å². The number of carbonyl (C=O) groups excluding carboxylic acids is 2. The van der Waals surface area contributed by atoms with Gasteiger partial charge in [-0.2, -0.15) is 13.2 Å². The molecular weight excluding hydrogens is 411 g/mol. The number of urea groups is 1. The number of anilines is 2. The number of carbonyl (C=O) groups is 2. The van der Waals surface area contributed by atoms with Gasteiger partial charge in [0.15, 0.2) is 0 Å². The number of alkyl halides is 3. The van der Waals surface area contributed by atoms with E-state index < -0.39 is 29.4 Å². The topological polar surface area (TPSA) is 79.5 Å². The Labute approximate surface area is 177 Å². The summed E-state index contributed by atoms with van der Waals surface area (Å²) >= 11 is 0. The molecule has 0 fully saturated rings. The van der Waals surface area contributed by atoms with Crippen molar-refractivity contribution in [3.05, 3.63) is 53.1 Å². The van der Waals surface area contributed by atoms with Gasteiger partial charge in [0.1, 0.15) is 11.4 Å². The molecule has 0 aliphatic carbocycles. The van der Waals surface area contributed by atoms with Crippen molar-refractivity contribution in [3.8, 4) is 5.75 Å². The molecule has 31 heavy (non-hydrogen) atoms. The second kappa shape index (κ2) is 7.47. The van der Waals surface area contributed by atoms with Gasteiger partial charge in [-0.1, -0.05) is 18.2 Å². The van der Waals surface area contributed by atoms with Gasteiger partial charge in [0, 0.05) is 29.8 Å². The lowest BCUT2D eigenvalue weighted by Crippen LogP contribution is -2.43. The minimum Gasteiger partial charge on any atom is -0.487 e. The van der Waals surface area contributed by atoms with Gasteiger partial charge in [-0.3, -0.25) is 4.79 Å². The molecule has 2 aromatic rings. The molecule has 0 saturated heterocycles. The molecular formula is C22H22F3N3O3. The highest BCUT2D eigenvalue weighted by molar-refractivity contribution is 5.96. The number of halogens is 3. The third-order valence-corrected chi connectivity index (χ3v) is 5.37. The number of fused-ring (bicyclic) bond motifs is 2. The van der Waals surface area contributed by atoms with Gasteiger partial charge in [0.05, 0.1) is 11.6 Å². The predicted octanol–water partition coefficient (Wildman–Crippen LogP) is 5.01. The quantitative estimate of drug-likeness (QED) is 0.623. The molecule has 2 heterocycles.